The van der Waals surface area contributed by atoms with Gasteiger partial charge in [-0.3, -0.25) is 9.59 Å². The molecular weight excluding hydrogens is 557 g/mol. The number of aliphatic hydroxyl groups excluding tert-OH is 1. The molecule has 0 fully saturated rings. The number of carbonyl (C=O) groups excluding carboxylic acids is 3. The van der Waals surface area contributed by atoms with Crippen molar-refractivity contribution in [2.24, 2.45) is 5.73 Å². The number of nitrogens with one attached hydrogen (secondary N) is 4. The Labute approximate surface area is 245 Å². The molecule has 0 aromatic heterocycles. The number of hydrogen-bond donors (Lipinski definition) is 6. The fraction of sp³-hybridized carbons (Fsp3) is 0.464. The number of rotatable bonds is 14. The van der Waals surface area contributed by atoms with Crippen LogP contribution in [-0.4, -0.2) is 60.4 Å². The van der Waals surface area contributed by atoms with E-state index in [-0.39, 0.29) is 25.4 Å². The van der Waals surface area contributed by atoms with E-state index in [9.17, 15) is 19.5 Å². The second-order valence-corrected chi connectivity index (χ2v) is 11.1. The number of ether oxygens (including phenoxy) is 1. The summed E-state index contributed by atoms with van der Waals surface area (Å²) in [5, 5.41) is 22.3. The molecule has 2 aromatic carbocycles. The molecule has 0 radical (unpaired) electrons. The van der Waals surface area contributed by atoms with Gasteiger partial charge in [0, 0.05) is 18.8 Å². The van der Waals surface area contributed by atoms with Gasteiger partial charge in [-0.05, 0) is 70.3 Å². The Kier molecular flexibility index (Phi) is 13.5. The Morgan fingerprint density at radius 1 is 0.975 bits per heavy atom. The minimum Gasteiger partial charge on any atom is -0.444 e. The molecule has 0 aliphatic rings. The molecule has 3 amide bonds. The van der Waals surface area contributed by atoms with Crippen LogP contribution in [0.5, 0.6) is 0 Å². The number of para-hydroxylation sites is 2. The quantitative estimate of drug-likeness (QED) is 0.181. The van der Waals surface area contributed by atoms with E-state index < -0.39 is 29.7 Å². The summed E-state index contributed by atoms with van der Waals surface area (Å²) in [5.74, 6) is -0.789. The maximum absolute atomic E-state index is 12.7. The fourth-order valence-electron chi connectivity index (χ4n) is 3.64. The molecule has 0 aliphatic heterocycles. The van der Waals surface area contributed by atoms with Crippen molar-refractivity contribution < 1.29 is 24.2 Å². The first-order valence-corrected chi connectivity index (χ1v) is 13.9. The summed E-state index contributed by atoms with van der Waals surface area (Å²) >= 11 is 12.5. The zero-order chi connectivity index (χ0) is 29.7. The van der Waals surface area contributed by atoms with Gasteiger partial charge in [0.15, 0.2) is 0 Å². The number of carbonyl (C=O) groups is 3. The Morgan fingerprint density at radius 2 is 1.62 bits per heavy atom. The van der Waals surface area contributed by atoms with E-state index in [1.807, 2.05) is 18.2 Å². The Hall–Kier alpha value is -3.05. The number of alkyl carbamates (subject to hydrolysis) is 1. The third-order valence-corrected chi connectivity index (χ3v) is 6.22. The van der Waals surface area contributed by atoms with Crippen LogP contribution in [0.3, 0.4) is 0 Å². The maximum atomic E-state index is 12.7. The highest BCUT2D eigenvalue weighted by molar-refractivity contribution is 6.39. The molecule has 1 unspecified atom stereocenters. The summed E-state index contributed by atoms with van der Waals surface area (Å²) in [6.45, 7) is 5.45. The molecule has 220 valence electrons. The normalized spacial score (nSPS) is 12.7. The molecule has 12 heteroatoms. The van der Waals surface area contributed by atoms with E-state index in [0.29, 0.717) is 52.8 Å². The lowest BCUT2D eigenvalue weighted by Crippen LogP contribution is -2.50. The van der Waals surface area contributed by atoms with E-state index in [0.717, 1.165) is 0 Å². The van der Waals surface area contributed by atoms with Crippen molar-refractivity contribution in [3.63, 3.8) is 0 Å². The van der Waals surface area contributed by atoms with Crippen molar-refractivity contribution in [3.05, 3.63) is 58.1 Å². The van der Waals surface area contributed by atoms with Crippen molar-refractivity contribution in [1.29, 1.82) is 0 Å². The molecule has 40 heavy (non-hydrogen) atoms. The standard InChI is InChI=1S/C28H39Cl2N5O5/c1-28(2,3)40-27(39)35-23(13-6-7-14-31)26(38)33-17-19(36)16-32-24(37)15-18-9-4-5-12-22(18)34-25-20(29)10-8-11-21(25)30/h4-5,8-12,19,23,34,36H,6-7,13-17,31H2,1-3H3,(H,32,37)(H,33,38)(H,35,39)/t19?,23-/m0/s1. The van der Waals surface area contributed by atoms with Crippen LogP contribution in [0.25, 0.3) is 0 Å². The van der Waals surface area contributed by atoms with Gasteiger partial charge in [-0.25, -0.2) is 4.79 Å². The number of anilines is 2. The second kappa shape index (κ2) is 16.3. The van der Waals surface area contributed by atoms with Crippen LogP contribution in [0.4, 0.5) is 16.2 Å². The highest BCUT2D eigenvalue weighted by Crippen LogP contribution is 2.33. The molecule has 2 rings (SSSR count). The molecule has 7 N–H and O–H groups in total. The first-order valence-electron chi connectivity index (χ1n) is 13.1. The molecule has 0 bridgehead atoms. The Bertz CT molecular complexity index is 1120. The average molecular weight is 597 g/mol. The lowest BCUT2D eigenvalue weighted by atomic mass is 10.1. The van der Waals surface area contributed by atoms with E-state index >= 15 is 0 Å². The van der Waals surface area contributed by atoms with Crippen LogP contribution in [0, 0.1) is 0 Å². The predicted molar refractivity (Wildman–Crippen MR) is 158 cm³/mol. The minimum atomic E-state index is -1.05. The lowest BCUT2D eigenvalue weighted by molar-refractivity contribution is -0.123. The molecule has 0 heterocycles. The van der Waals surface area contributed by atoms with Gasteiger partial charge < -0.3 is 36.8 Å². The number of hydrogen-bond acceptors (Lipinski definition) is 7. The highest BCUT2D eigenvalue weighted by Gasteiger charge is 2.24. The summed E-state index contributed by atoms with van der Waals surface area (Å²) in [6, 6.07) is 11.5. The molecule has 0 saturated heterocycles. The summed E-state index contributed by atoms with van der Waals surface area (Å²) < 4.78 is 5.25. The number of nitrogens with two attached hydrogens (primary N) is 1. The summed E-state index contributed by atoms with van der Waals surface area (Å²) in [7, 11) is 0. The van der Waals surface area contributed by atoms with E-state index in [1.165, 1.54) is 0 Å². The number of aliphatic hydroxyl groups is 1. The Morgan fingerprint density at radius 3 is 2.27 bits per heavy atom. The lowest BCUT2D eigenvalue weighted by Gasteiger charge is -2.23. The van der Waals surface area contributed by atoms with Gasteiger partial charge in [0.2, 0.25) is 11.8 Å². The van der Waals surface area contributed by atoms with Gasteiger partial charge in [0.1, 0.15) is 11.6 Å². The molecule has 0 spiro atoms. The minimum absolute atomic E-state index is 0.0351. The zero-order valence-electron chi connectivity index (χ0n) is 23.1. The largest absolute Gasteiger partial charge is 0.444 e. The third-order valence-electron chi connectivity index (χ3n) is 5.59. The summed E-state index contributed by atoms with van der Waals surface area (Å²) in [5.41, 5.74) is 6.73. The van der Waals surface area contributed by atoms with Gasteiger partial charge in [-0.15, -0.1) is 0 Å². The van der Waals surface area contributed by atoms with Crippen molar-refractivity contribution in [3.8, 4) is 0 Å². The van der Waals surface area contributed by atoms with Crippen LogP contribution >= 0.6 is 23.2 Å². The van der Waals surface area contributed by atoms with Crippen LogP contribution in [0.1, 0.15) is 45.6 Å². The van der Waals surface area contributed by atoms with Gasteiger partial charge in [0.05, 0.1) is 28.3 Å². The third kappa shape index (κ3) is 12.0. The van der Waals surface area contributed by atoms with Gasteiger partial charge in [-0.2, -0.15) is 0 Å². The van der Waals surface area contributed by atoms with Crippen LogP contribution in [0.2, 0.25) is 10.0 Å². The van der Waals surface area contributed by atoms with Gasteiger partial charge in [-0.1, -0.05) is 47.5 Å². The molecule has 2 atom stereocenters. The topological polar surface area (TPSA) is 155 Å². The molecular formula is C28H39Cl2N5O5. The number of halogens is 2. The van der Waals surface area contributed by atoms with Gasteiger partial charge >= 0.3 is 6.09 Å². The fourth-order valence-corrected chi connectivity index (χ4v) is 4.13. The van der Waals surface area contributed by atoms with Gasteiger partial charge in [0.25, 0.3) is 0 Å². The number of unbranched alkanes of at least 4 members (excludes halogenated alkanes) is 1. The molecule has 0 aliphatic carbocycles. The first kappa shape index (κ1) is 33.2. The average Bonchev–Trinajstić information content (AvgIpc) is 2.87. The molecule has 2 aromatic rings. The van der Waals surface area contributed by atoms with Crippen molar-refractivity contribution in [1.82, 2.24) is 16.0 Å². The smallest absolute Gasteiger partial charge is 0.408 e. The number of amides is 3. The maximum Gasteiger partial charge on any atom is 0.408 e. The predicted octanol–water partition coefficient (Wildman–Crippen LogP) is 3.90. The van der Waals surface area contributed by atoms with Crippen molar-refractivity contribution in [2.45, 2.75) is 64.2 Å². The van der Waals surface area contributed by atoms with E-state index in [4.69, 9.17) is 33.7 Å². The van der Waals surface area contributed by atoms with Crippen molar-refractivity contribution >= 4 is 52.5 Å². The van der Waals surface area contributed by atoms with Crippen LogP contribution in [-0.2, 0) is 20.7 Å². The Balaban J connectivity index is 1.88. The summed E-state index contributed by atoms with van der Waals surface area (Å²) in [4.78, 5) is 37.5. The summed E-state index contributed by atoms with van der Waals surface area (Å²) in [6.07, 6.45) is -0.0373. The highest BCUT2D eigenvalue weighted by atomic mass is 35.5. The zero-order valence-corrected chi connectivity index (χ0v) is 24.6. The van der Waals surface area contributed by atoms with Crippen LogP contribution in [0.15, 0.2) is 42.5 Å². The molecule has 0 saturated carbocycles. The SMILES string of the molecule is CC(C)(C)OC(=O)N[C@@H](CCCCN)C(=O)NCC(O)CNC(=O)Cc1ccccc1Nc1c(Cl)cccc1Cl. The number of benzene rings is 2. The van der Waals surface area contributed by atoms with E-state index in [2.05, 4.69) is 21.3 Å². The molecule has 10 nitrogen and oxygen atoms in total. The second-order valence-electron chi connectivity index (χ2n) is 10.2. The first-order chi connectivity index (χ1) is 18.9. The van der Waals surface area contributed by atoms with Crippen LogP contribution < -0.4 is 27.0 Å². The van der Waals surface area contributed by atoms with E-state index in [1.54, 1.807) is 45.0 Å². The van der Waals surface area contributed by atoms with Crippen molar-refractivity contribution in [2.75, 3.05) is 25.0 Å². The monoisotopic (exact) mass is 595 g/mol.